The largest absolute Gasteiger partial charge is 0.495 e. The van der Waals surface area contributed by atoms with Crippen LogP contribution in [0.4, 0.5) is 5.69 Å². The summed E-state index contributed by atoms with van der Waals surface area (Å²) in [5.74, 6) is 0.0361. The minimum absolute atomic E-state index is 0.190. The molecule has 0 fully saturated rings. The Morgan fingerprint density at radius 1 is 1.23 bits per heavy atom. The number of nitrogens with one attached hydrogen (secondary N) is 2. The number of sulfonamides is 1. The molecule has 1 aromatic heterocycles. The smallest absolute Gasteiger partial charge is 0.250 e. The molecule has 2 N–H and O–H groups in total. The number of benzene rings is 1. The molecule has 0 saturated heterocycles. The molecule has 1 heterocycles. The second-order valence-electron chi connectivity index (χ2n) is 4.44. The highest BCUT2D eigenvalue weighted by atomic mass is 32.2. The maximum atomic E-state index is 12.0. The van der Waals surface area contributed by atoms with E-state index in [4.69, 9.17) is 4.74 Å². The minimum Gasteiger partial charge on any atom is -0.495 e. The van der Waals surface area contributed by atoms with Crippen molar-refractivity contribution in [3.8, 4) is 5.75 Å². The van der Waals surface area contributed by atoms with Gasteiger partial charge in [-0.25, -0.2) is 13.1 Å². The van der Waals surface area contributed by atoms with Crippen LogP contribution in [0.15, 0.2) is 40.6 Å². The number of rotatable bonds is 6. The predicted molar refractivity (Wildman–Crippen MR) is 85.9 cm³/mol. The second kappa shape index (κ2) is 6.91. The highest BCUT2D eigenvalue weighted by Crippen LogP contribution is 2.23. The molecule has 0 bridgehead atoms. The van der Waals surface area contributed by atoms with Crippen molar-refractivity contribution in [3.63, 3.8) is 0 Å². The Bertz CT molecular complexity index is 769. The van der Waals surface area contributed by atoms with Gasteiger partial charge in [-0.2, -0.15) is 0 Å². The van der Waals surface area contributed by atoms with Crippen LogP contribution in [0.5, 0.6) is 5.75 Å². The zero-order chi connectivity index (χ0) is 16.2. The van der Waals surface area contributed by atoms with Crippen LogP contribution >= 0.6 is 11.3 Å². The van der Waals surface area contributed by atoms with E-state index in [1.165, 1.54) is 13.2 Å². The number of ether oxygens (including phenoxy) is 1. The van der Waals surface area contributed by atoms with Crippen LogP contribution in [0, 0.1) is 6.92 Å². The molecule has 0 unspecified atom stereocenters. The van der Waals surface area contributed by atoms with E-state index in [9.17, 15) is 13.2 Å². The first-order valence-corrected chi connectivity index (χ1v) is 8.71. The molecule has 0 aliphatic rings. The van der Waals surface area contributed by atoms with Gasteiger partial charge in [0.15, 0.2) is 0 Å². The number of aryl methyl sites for hydroxylation is 1. The third-order valence-electron chi connectivity index (χ3n) is 2.78. The summed E-state index contributed by atoms with van der Waals surface area (Å²) >= 11 is 1.15. The summed E-state index contributed by atoms with van der Waals surface area (Å²) < 4.78 is 31.6. The average Bonchev–Trinajstić information content (AvgIpc) is 2.93. The molecule has 6 nitrogen and oxygen atoms in total. The summed E-state index contributed by atoms with van der Waals surface area (Å²) in [6.45, 7) is 1.47. The van der Waals surface area contributed by atoms with Gasteiger partial charge < -0.3 is 10.1 Å². The van der Waals surface area contributed by atoms with Crippen LogP contribution in [-0.4, -0.2) is 28.0 Å². The van der Waals surface area contributed by atoms with E-state index in [1.807, 2.05) is 6.92 Å². The number of thiophene rings is 1. The van der Waals surface area contributed by atoms with Gasteiger partial charge in [0.2, 0.25) is 5.91 Å². The highest BCUT2D eigenvalue weighted by molar-refractivity contribution is 7.91. The van der Waals surface area contributed by atoms with Crippen LogP contribution in [0.3, 0.4) is 0 Å². The molecular weight excluding hydrogens is 324 g/mol. The van der Waals surface area contributed by atoms with Crippen molar-refractivity contribution in [2.24, 2.45) is 0 Å². The molecule has 0 aliphatic carbocycles. The van der Waals surface area contributed by atoms with Gasteiger partial charge in [-0.1, -0.05) is 12.1 Å². The topological polar surface area (TPSA) is 84.5 Å². The van der Waals surface area contributed by atoms with Gasteiger partial charge in [-0.15, -0.1) is 11.3 Å². The molecule has 0 spiro atoms. The zero-order valence-corrected chi connectivity index (χ0v) is 13.8. The SMILES string of the molecule is COc1ccccc1NC(=O)CNS(=O)(=O)c1ccc(C)s1. The van der Waals surface area contributed by atoms with Gasteiger partial charge >= 0.3 is 0 Å². The quantitative estimate of drug-likeness (QED) is 0.842. The molecule has 2 aromatic rings. The lowest BCUT2D eigenvalue weighted by molar-refractivity contribution is -0.115. The lowest BCUT2D eigenvalue weighted by Gasteiger charge is -2.10. The van der Waals surface area contributed by atoms with E-state index in [0.29, 0.717) is 11.4 Å². The number of para-hydroxylation sites is 2. The zero-order valence-electron chi connectivity index (χ0n) is 12.1. The van der Waals surface area contributed by atoms with Crippen molar-refractivity contribution in [1.82, 2.24) is 4.72 Å². The van der Waals surface area contributed by atoms with Crippen molar-refractivity contribution in [2.75, 3.05) is 19.0 Å². The standard InChI is InChI=1S/C14H16N2O4S2/c1-10-7-8-14(21-10)22(18,19)15-9-13(17)16-11-5-3-4-6-12(11)20-2/h3-8,15H,9H2,1-2H3,(H,16,17). The first kappa shape index (κ1) is 16.5. The molecule has 2 rings (SSSR count). The number of methoxy groups -OCH3 is 1. The van der Waals surface area contributed by atoms with Crippen LogP contribution < -0.4 is 14.8 Å². The first-order chi connectivity index (χ1) is 10.4. The third kappa shape index (κ3) is 4.06. The van der Waals surface area contributed by atoms with Gasteiger partial charge in [0, 0.05) is 4.88 Å². The lowest BCUT2D eigenvalue weighted by Crippen LogP contribution is -2.32. The van der Waals surface area contributed by atoms with Crippen molar-refractivity contribution >= 4 is 33.0 Å². The van der Waals surface area contributed by atoms with E-state index >= 15 is 0 Å². The van der Waals surface area contributed by atoms with Crippen LogP contribution in [0.1, 0.15) is 4.88 Å². The summed E-state index contributed by atoms with van der Waals surface area (Å²) in [5, 5.41) is 2.60. The van der Waals surface area contributed by atoms with Gasteiger partial charge in [-0.3, -0.25) is 4.79 Å². The van der Waals surface area contributed by atoms with Gasteiger partial charge in [0.25, 0.3) is 10.0 Å². The Kier molecular flexibility index (Phi) is 5.17. The molecule has 8 heteroatoms. The average molecular weight is 340 g/mol. The number of hydrogen-bond donors (Lipinski definition) is 2. The molecule has 118 valence electrons. The minimum atomic E-state index is -3.67. The van der Waals surface area contributed by atoms with Gasteiger partial charge in [0.1, 0.15) is 9.96 Å². The third-order valence-corrected chi connectivity index (χ3v) is 5.68. The predicted octanol–water partition coefficient (Wildman–Crippen LogP) is 1.98. The van der Waals surface area contributed by atoms with Crippen molar-refractivity contribution in [1.29, 1.82) is 0 Å². The number of carbonyl (C=O) groups is 1. The van der Waals surface area contributed by atoms with E-state index in [-0.39, 0.29) is 10.8 Å². The van der Waals surface area contributed by atoms with E-state index in [1.54, 1.807) is 30.3 Å². The molecular formula is C14H16N2O4S2. The van der Waals surface area contributed by atoms with Gasteiger partial charge in [-0.05, 0) is 31.2 Å². The van der Waals surface area contributed by atoms with Crippen molar-refractivity contribution in [3.05, 3.63) is 41.3 Å². The summed E-state index contributed by atoms with van der Waals surface area (Å²) in [7, 11) is -2.17. The highest BCUT2D eigenvalue weighted by Gasteiger charge is 2.17. The maximum absolute atomic E-state index is 12.0. The Hall–Kier alpha value is -1.90. The van der Waals surface area contributed by atoms with E-state index in [2.05, 4.69) is 10.0 Å². The Balaban J connectivity index is 1.98. The van der Waals surface area contributed by atoms with Crippen molar-refractivity contribution in [2.45, 2.75) is 11.1 Å². The van der Waals surface area contributed by atoms with E-state index < -0.39 is 15.9 Å². The molecule has 0 saturated carbocycles. The molecule has 0 aliphatic heterocycles. The fourth-order valence-corrected chi connectivity index (χ4v) is 4.04. The molecule has 1 amide bonds. The Morgan fingerprint density at radius 3 is 2.59 bits per heavy atom. The monoisotopic (exact) mass is 340 g/mol. The summed E-state index contributed by atoms with van der Waals surface area (Å²) in [6.07, 6.45) is 0. The maximum Gasteiger partial charge on any atom is 0.250 e. The summed E-state index contributed by atoms with van der Waals surface area (Å²) in [6, 6.07) is 10.1. The fourth-order valence-electron chi connectivity index (χ4n) is 1.73. The normalized spacial score (nSPS) is 11.2. The summed E-state index contributed by atoms with van der Waals surface area (Å²) in [4.78, 5) is 12.8. The number of carbonyl (C=O) groups excluding carboxylic acids is 1. The van der Waals surface area contributed by atoms with Crippen molar-refractivity contribution < 1.29 is 17.9 Å². The van der Waals surface area contributed by atoms with E-state index in [0.717, 1.165) is 16.2 Å². The number of hydrogen-bond acceptors (Lipinski definition) is 5. The van der Waals surface area contributed by atoms with Gasteiger partial charge in [0.05, 0.1) is 19.3 Å². The Labute approximate surface area is 133 Å². The van der Waals surface area contributed by atoms with Crippen LogP contribution in [0.25, 0.3) is 0 Å². The molecule has 1 aromatic carbocycles. The lowest BCUT2D eigenvalue weighted by atomic mass is 10.3. The number of anilines is 1. The summed E-state index contributed by atoms with van der Waals surface area (Å²) in [5.41, 5.74) is 0.487. The fraction of sp³-hybridized carbons (Fsp3) is 0.214. The van der Waals surface area contributed by atoms with Crippen LogP contribution in [-0.2, 0) is 14.8 Å². The second-order valence-corrected chi connectivity index (χ2v) is 7.72. The molecule has 0 radical (unpaired) electrons. The van der Waals surface area contributed by atoms with Crippen LogP contribution in [0.2, 0.25) is 0 Å². The first-order valence-electron chi connectivity index (χ1n) is 6.41. The molecule has 22 heavy (non-hydrogen) atoms. The number of amides is 1. The Morgan fingerprint density at radius 2 is 1.95 bits per heavy atom. The molecule has 0 atom stereocenters.